The minimum absolute atomic E-state index is 0.166. The number of rotatable bonds is 2. The highest BCUT2D eigenvalue weighted by molar-refractivity contribution is 5.35. The standard InChI is InChI=1S/C16H23N/c1-12-7-8-14(15(2,3)4)9-13(12)10-16(5,6)11-17/h7-9H,10H2,1-6H3. The van der Waals surface area contributed by atoms with Crippen LogP contribution in [-0.2, 0) is 11.8 Å². The van der Waals surface area contributed by atoms with Gasteiger partial charge >= 0.3 is 0 Å². The van der Waals surface area contributed by atoms with Crippen LogP contribution in [0.15, 0.2) is 18.2 Å². The Balaban J connectivity index is 3.13. The summed E-state index contributed by atoms with van der Waals surface area (Å²) < 4.78 is 0. The van der Waals surface area contributed by atoms with Gasteiger partial charge in [-0.15, -0.1) is 0 Å². The first-order valence-electron chi connectivity index (χ1n) is 6.17. The van der Waals surface area contributed by atoms with Crippen LogP contribution in [0.2, 0.25) is 0 Å². The number of nitrogens with zero attached hydrogens (tertiary/aromatic N) is 1. The minimum atomic E-state index is -0.290. The Bertz CT molecular complexity index is 442. The van der Waals surface area contributed by atoms with E-state index >= 15 is 0 Å². The van der Waals surface area contributed by atoms with Crippen molar-refractivity contribution in [3.05, 3.63) is 34.9 Å². The third-order valence-corrected chi connectivity index (χ3v) is 3.15. The number of hydrogen-bond acceptors (Lipinski definition) is 1. The number of benzene rings is 1. The fourth-order valence-electron chi connectivity index (χ4n) is 1.84. The van der Waals surface area contributed by atoms with Crippen LogP contribution in [0.3, 0.4) is 0 Å². The molecule has 0 unspecified atom stereocenters. The molecule has 0 aliphatic rings. The van der Waals surface area contributed by atoms with E-state index in [0.29, 0.717) is 0 Å². The average molecular weight is 229 g/mol. The quantitative estimate of drug-likeness (QED) is 0.738. The summed E-state index contributed by atoms with van der Waals surface area (Å²) >= 11 is 0. The summed E-state index contributed by atoms with van der Waals surface area (Å²) in [5, 5.41) is 9.13. The molecular weight excluding hydrogens is 206 g/mol. The zero-order valence-electron chi connectivity index (χ0n) is 11.9. The summed E-state index contributed by atoms with van der Waals surface area (Å²) in [6.07, 6.45) is 0.819. The smallest absolute Gasteiger partial charge is 0.0687 e. The van der Waals surface area contributed by atoms with E-state index < -0.39 is 0 Å². The van der Waals surface area contributed by atoms with E-state index in [1.807, 2.05) is 13.8 Å². The van der Waals surface area contributed by atoms with Crippen molar-refractivity contribution in [3.63, 3.8) is 0 Å². The van der Waals surface area contributed by atoms with Crippen molar-refractivity contribution in [2.24, 2.45) is 5.41 Å². The molecule has 17 heavy (non-hydrogen) atoms. The highest BCUT2D eigenvalue weighted by atomic mass is 14.3. The molecule has 0 heterocycles. The van der Waals surface area contributed by atoms with Gasteiger partial charge in [-0.3, -0.25) is 0 Å². The zero-order chi connectivity index (χ0) is 13.3. The number of aryl methyl sites for hydroxylation is 1. The third kappa shape index (κ3) is 3.60. The summed E-state index contributed by atoms with van der Waals surface area (Å²) in [5.41, 5.74) is 3.79. The highest BCUT2D eigenvalue weighted by Crippen LogP contribution is 2.28. The summed E-state index contributed by atoms with van der Waals surface area (Å²) in [7, 11) is 0. The van der Waals surface area contributed by atoms with Crippen LogP contribution in [0, 0.1) is 23.7 Å². The minimum Gasteiger partial charge on any atom is -0.198 e. The molecule has 92 valence electrons. The van der Waals surface area contributed by atoms with Gasteiger partial charge in [-0.25, -0.2) is 0 Å². The van der Waals surface area contributed by atoms with Gasteiger partial charge in [-0.1, -0.05) is 39.0 Å². The maximum atomic E-state index is 9.13. The summed E-state index contributed by atoms with van der Waals surface area (Å²) in [4.78, 5) is 0. The van der Waals surface area contributed by atoms with Crippen molar-refractivity contribution in [2.75, 3.05) is 0 Å². The molecule has 0 amide bonds. The molecule has 0 bridgehead atoms. The fourth-order valence-corrected chi connectivity index (χ4v) is 1.84. The van der Waals surface area contributed by atoms with Crippen molar-refractivity contribution in [1.29, 1.82) is 5.26 Å². The molecule has 0 saturated carbocycles. The second-order valence-electron chi connectivity index (χ2n) is 6.56. The lowest BCUT2D eigenvalue weighted by atomic mass is 9.81. The van der Waals surface area contributed by atoms with Gasteiger partial charge in [0, 0.05) is 0 Å². The second-order valence-corrected chi connectivity index (χ2v) is 6.56. The summed E-state index contributed by atoms with van der Waals surface area (Å²) in [6, 6.07) is 9.00. The van der Waals surface area contributed by atoms with E-state index in [9.17, 15) is 0 Å². The maximum Gasteiger partial charge on any atom is 0.0687 e. The maximum absolute atomic E-state index is 9.13. The molecule has 1 aromatic rings. The van der Waals surface area contributed by atoms with Gasteiger partial charge < -0.3 is 0 Å². The lowest BCUT2D eigenvalue weighted by Gasteiger charge is -2.23. The van der Waals surface area contributed by atoms with Crippen molar-refractivity contribution in [2.45, 2.75) is 53.4 Å². The molecule has 0 spiro atoms. The molecule has 0 fully saturated rings. The molecule has 1 heteroatoms. The molecule has 0 aliphatic carbocycles. The molecular formula is C16H23N. The molecule has 0 aromatic heterocycles. The van der Waals surface area contributed by atoms with E-state index in [0.717, 1.165) is 6.42 Å². The van der Waals surface area contributed by atoms with Crippen molar-refractivity contribution >= 4 is 0 Å². The lowest BCUT2D eigenvalue weighted by Crippen LogP contribution is -2.15. The van der Waals surface area contributed by atoms with Crippen molar-refractivity contribution < 1.29 is 0 Å². The second kappa shape index (κ2) is 4.53. The third-order valence-electron chi connectivity index (χ3n) is 3.15. The van der Waals surface area contributed by atoms with E-state index in [1.54, 1.807) is 0 Å². The van der Waals surface area contributed by atoms with E-state index in [2.05, 4.69) is 52.0 Å². The van der Waals surface area contributed by atoms with Gasteiger partial charge in [-0.2, -0.15) is 5.26 Å². The Morgan fingerprint density at radius 2 is 1.71 bits per heavy atom. The normalized spacial score (nSPS) is 12.3. The van der Waals surface area contributed by atoms with Crippen LogP contribution >= 0.6 is 0 Å². The van der Waals surface area contributed by atoms with Gasteiger partial charge in [-0.05, 0) is 49.3 Å². The molecule has 1 aromatic carbocycles. The molecule has 0 saturated heterocycles. The molecule has 0 N–H and O–H groups in total. The highest BCUT2D eigenvalue weighted by Gasteiger charge is 2.20. The summed E-state index contributed by atoms with van der Waals surface area (Å²) in [6.45, 7) is 12.8. The lowest BCUT2D eigenvalue weighted by molar-refractivity contribution is 0.490. The molecule has 0 aliphatic heterocycles. The van der Waals surface area contributed by atoms with Gasteiger partial charge in [0.15, 0.2) is 0 Å². The predicted octanol–water partition coefficient (Wildman–Crippen LogP) is 4.38. The van der Waals surface area contributed by atoms with Crippen molar-refractivity contribution in [3.8, 4) is 6.07 Å². The first kappa shape index (κ1) is 13.8. The monoisotopic (exact) mass is 229 g/mol. The largest absolute Gasteiger partial charge is 0.198 e. The average Bonchev–Trinajstić information content (AvgIpc) is 2.19. The molecule has 1 rings (SSSR count). The Kier molecular flexibility index (Phi) is 3.67. The van der Waals surface area contributed by atoms with E-state index in [-0.39, 0.29) is 10.8 Å². The van der Waals surface area contributed by atoms with Gasteiger partial charge in [0.2, 0.25) is 0 Å². The Morgan fingerprint density at radius 1 is 1.12 bits per heavy atom. The first-order valence-corrected chi connectivity index (χ1v) is 6.17. The first-order chi connectivity index (χ1) is 7.65. The fraction of sp³-hybridized carbons (Fsp3) is 0.562. The van der Waals surface area contributed by atoms with Crippen LogP contribution in [0.1, 0.15) is 51.3 Å². The van der Waals surface area contributed by atoms with E-state index in [1.165, 1.54) is 16.7 Å². The van der Waals surface area contributed by atoms with Crippen LogP contribution in [0.5, 0.6) is 0 Å². The van der Waals surface area contributed by atoms with Gasteiger partial charge in [0.1, 0.15) is 0 Å². The molecule has 1 nitrogen and oxygen atoms in total. The SMILES string of the molecule is Cc1ccc(C(C)(C)C)cc1CC(C)(C)C#N. The topological polar surface area (TPSA) is 23.8 Å². The number of hydrogen-bond donors (Lipinski definition) is 0. The Labute approximate surface area is 105 Å². The number of nitriles is 1. The Hall–Kier alpha value is -1.29. The van der Waals surface area contributed by atoms with Crippen molar-refractivity contribution in [1.82, 2.24) is 0 Å². The summed E-state index contributed by atoms with van der Waals surface area (Å²) in [5.74, 6) is 0. The van der Waals surface area contributed by atoms with Crippen LogP contribution in [-0.4, -0.2) is 0 Å². The molecule has 0 radical (unpaired) electrons. The van der Waals surface area contributed by atoms with Gasteiger partial charge in [0.05, 0.1) is 11.5 Å². The predicted molar refractivity (Wildman–Crippen MR) is 73.0 cm³/mol. The van der Waals surface area contributed by atoms with Gasteiger partial charge in [0.25, 0.3) is 0 Å². The van der Waals surface area contributed by atoms with E-state index in [4.69, 9.17) is 5.26 Å². The zero-order valence-corrected chi connectivity index (χ0v) is 11.9. The van der Waals surface area contributed by atoms with Crippen LogP contribution in [0.4, 0.5) is 0 Å². The molecule has 0 atom stereocenters. The van der Waals surface area contributed by atoms with Crippen LogP contribution in [0.25, 0.3) is 0 Å². The Morgan fingerprint density at radius 3 is 2.18 bits per heavy atom. The van der Waals surface area contributed by atoms with Crippen LogP contribution < -0.4 is 0 Å².